The highest BCUT2D eigenvalue weighted by molar-refractivity contribution is 5.73. The van der Waals surface area contributed by atoms with E-state index in [0.29, 0.717) is 13.1 Å². The molecule has 0 aliphatic heterocycles. The number of carbonyl (C=O) groups is 1. The Morgan fingerprint density at radius 3 is 2.65 bits per heavy atom. The second-order valence-electron chi connectivity index (χ2n) is 5.32. The van der Waals surface area contributed by atoms with Crippen LogP contribution in [0.5, 0.6) is 5.75 Å². The summed E-state index contributed by atoms with van der Waals surface area (Å²) in [4.78, 5) is 17.8. The molecule has 2 amide bonds. The Morgan fingerprint density at radius 2 is 1.91 bits per heavy atom. The third kappa shape index (κ3) is 5.29. The molecule has 1 aromatic carbocycles. The molecule has 0 radical (unpaired) electrons. The molecule has 5 heteroatoms. The van der Waals surface area contributed by atoms with Crippen LogP contribution in [-0.4, -0.2) is 43.2 Å². The van der Waals surface area contributed by atoms with Gasteiger partial charge in [-0.2, -0.15) is 0 Å². The van der Waals surface area contributed by atoms with Gasteiger partial charge in [-0.25, -0.2) is 4.79 Å². The third-order valence-corrected chi connectivity index (χ3v) is 3.70. The van der Waals surface area contributed by atoms with Gasteiger partial charge < -0.3 is 15.0 Å². The molecule has 2 rings (SSSR count). The molecule has 0 aliphatic rings. The molecular weight excluding hydrogens is 290 g/mol. The van der Waals surface area contributed by atoms with E-state index in [1.54, 1.807) is 31.5 Å². The van der Waals surface area contributed by atoms with Gasteiger partial charge in [-0.05, 0) is 42.2 Å². The van der Waals surface area contributed by atoms with Crippen LogP contribution in [-0.2, 0) is 12.8 Å². The average Bonchev–Trinajstić information content (AvgIpc) is 2.60. The van der Waals surface area contributed by atoms with Gasteiger partial charge in [0.25, 0.3) is 0 Å². The van der Waals surface area contributed by atoms with Gasteiger partial charge in [0.2, 0.25) is 0 Å². The molecule has 0 saturated heterocycles. The molecular formula is C18H23N3O2. The molecule has 5 nitrogen and oxygen atoms in total. The third-order valence-electron chi connectivity index (χ3n) is 3.70. The fourth-order valence-corrected chi connectivity index (χ4v) is 2.30. The second-order valence-corrected chi connectivity index (χ2v) is 5.32. The minimum Gasteiger partial charge on any atom is -0.496 e. The molecule has 0 spiro atoms. The molecule has 0 bridgehead atoms. The molecule has 1 aromatic heterocycles. The molecule has 0 saturated carbocycles. The van der Waals surface area contributed by atoms with Crippen molar-refractivity contribution in [3.05, 3.63) is 59.9 Å². The number of benzene rings is 1. The van der Waals surface area contributed by atoms with Gasteiger partial charge in [0, 0.05) is 32.5 Å². The topological polar surface area (TPSA) is 54.5 Å². The monoisotopic (exact) mass is 313 g/mol. The average molecular weight is 313 g/mol. The van der Waals surface area contributed by atoms with Gasteiger partial charge in [0.1, 0.15) is 5.75 Å². The van der Waals surface area contributed by atoms with E-state index in [-0.39, 0.29) is 6.03 Å². The van der Waals surface area contributed by atoms with Crippen LogP contribution >= 0.6 is 0 Å². The highest BCUT2D eigenvalue weighted by Gasteiger charge is 2.08. The number of aromatic nitrogens is 1. The molecule has 1 N–H and O–H groups in total. The maximum atomic E-state index is 12.1. The lowest BCUT2D eigenvalue weighted by atomic mass is 10.1. The molecule has 23 heavy (non-hydrogen) atoms. The minimum atomic E-state index is -0.0612. The number of hydrogen-bond donors (Lipinski definition) is 1. The summed E-state index contributed by atoms with van der Waals surface area (Å²) >= 11 is 0. The fraction of sp³-hybridized carbons (Fsp3) is 0.333. The number of urea groups is 1. The zero-order valence-electron chi connectivity index (χ0n) is 13.7. The van der Waals surface area contributed by atoms with Crippen LogP contribution in [0.3, 0.4) is 0 Å². The molecule has 0 fully saturated rings. The number of carbonyl (C=O) groups excluding carboxylic acids is 1. The highest BCUT2D eigenvalue weighted by Crippen LogP contribution is 2.17. The van der Waals surface area contributed by atoms with E-state index in [0.717, 1.165) is 24.2 Å². The summed E-state index contributed by atoms with van der Waals surface area (Å²) < 4.78 is 5.31. The minimum absolute atomic E-state index is 0.0612. The number of hydrogen-bond acceptors (Lipinski definition) is 3. The van der Waals surface area contributed by atoms with Gasteiger partial charge in [0.05, 0.1) is 7.11 Å². The van der Waals surface area contributed by atoms with Gasteiger partial charge in [-0.3, -0.25) is 4.98 Å². The van der Waals surface area contributed by atoms with Crippen LogP contribution in [0.1, 0.15) is 11.1 Å². The Balaban J connectivity index is 1.73. The quantitative estimate of drug-likeness (QED) is 0.854. The van der Waals surface area contributed by atoms with E-state index in [4.69, 9.17) is 4.74 Å². The van der Waals surface area contributed by atoms with Crippen molar-refractivity contribution in [2.45, 2.75) is 12.8 Å². The first kappa shape index (κ1) is 16.8. The van der Waals surface area contributed by atoms with Crippen molar-refractivity contribution < 1.29 is 9.53 Å². The lowest BCUT2D eigenvalue weighted by molar-refractivity contribution is 0.209. The predicted octanol–water partition coefficient (Wildman–Crippen LogP) is 2.52. The number of likely N-dealkylation sites (N-methyl/N-ethyl adjacent to an activating group) is 1. The Labute approximate surface area is 137 Å². The first-order chi connectivity index (χ1) is 11.2. The number of methoxy groups -OCH3 is 1. The number of ether oxygens (including phenoxy) is 1. The molecule has 2 aromatic rings. The summed E-state index contributed by atoms with van der Waals surface area (Å²) in [7, 11) is 3.46. The summed E-state index contributed by atoms with van der Waals surface area (Å²) in [6, 6.07) is 11.7. The zero-order valence-corrected chi connectivity index (χ0v) is 13.7. The van der Waals surface area contributed by atoms with Gasteiger partial charge >= 0.3 is 6.03 Å². The first-order valence-corrected chi connectivity index (χ1v) is 7.70. The van der Waals surface area contributed by atoms with E-state index < -0.39 is 0 Å². The maximum Gasteiger partial charge on any atom is 0.317 e. The molecule has 0 atom stereocenters. The Bertz CT molecular complexity index is 617. The summed E-state index contributed by atoms with van der Waals surface area (Å²) in [5.74, 6) is 0.854. The normalized spacial score (nSPS) is 10.2. The SMILES string of the molecule is COc1ccccc1CCNC(=O)N(C)CCc1ccncc1. The molecule has 122 valence electrons. The standard InChI is InChI=1S/C18H23N3O2/c1-21(14-10-15-7-11-19-12-8-15)18(22)20-13-9-16-5-3-4-6-17(16)23-2/h3-8,11-12H,9-10,13-14H2,1-2H3,(H,20,22). The van der Waals surface area contributed by atoms with Crippen molar-refractivity contribution in [2.24, 2.45) is 0 Å². The molecule has 1 heterocycles. The van der Waals surface area contributed by atoms with Crippen LogP contribution < -0.4 is 10.1 Å². The van der Waals surface area contributed by atoms with Gasteiger partial charge in [-0.15, -0.1) is 0 Å². The lowest BCUT2D eigenvalue weighted by Gasteiger charge is -2.18. The number of nitrogens with zero attached hydrogens (tertiary/aromatic N) is 2. The van der Waals surface area contributed by atoms with Crippen molar-refractivity contribution in [2.75, 3.05) is 27.2 Å². The van der Waals surface area contributed by atoms with Crippen LogP contribution in [0.4, 0.5) is 4.79 Å². The summed E-state index contributed by atoms with van der Waals surface area (Å²) in [6.07, 6.45) is 5.10. The van der Waals surface area contributed by atoms with Crippen molar-refractivity contribution in [1.29, 1.82) is 0 Å². The fourth-order valence-electron chi connectivity index (χ4n) is 2.30. The highest BCUT2D eigenvalue weighted by atomic mass is 16.5. The van der Waals surface area contributed by atoms with E-state index >= 15 is 0 Å². The smallest absolute Gasteiger partial charge is 0.317 e. The van der Waals surface area contributed by atoms with Crippen LogP contribution in [0.25, 0.3) is 0 Å². The van der Waals surface area contributed by atoms with Crippen molar-refractivity contribution in [1.82, 2.24) is 15.2 Å². The Morgan fingerprint density at radius 1 is 1.17 bits per heavy atom. The van der Waals surface area contributed by atoms with E-state index in [1.807, 2.05) is 36.4 Å². The number of pyridine rings is 1. The number of nitrogens with one attached hydrogen (secondary N) is 1. The predicted molar refractivity (Wildman–Crippen MR) is 90.7 cm³/mol. The van der Waals surface area contributed by atoms with Crippen LogP contribution in [0, 0.1) is 0 Å². The number of amides is 2. The first-order valence-electron chi connectivity index (χ1n) is 7.70. The van der Waals surface area contributed by atoms with Crippen LogP contribution in [0.2, 0.25) is 0 Å². The van der Waals surface area contributed by atoms with Crippen molar-refractivity contribution in [3.8, 4) is 5.75 Å². The summed E-state index contributed by atoms with van der Waals surface area (Å²) in [5.41, 5.74) is 2.27. The maximum absolute atomic E-state index is 12.1. The molecule has 0 unspecified atom stereocenters. The number of para-hydroxylation sites is 1. The Hall–Kier alpha value is -2.56. The zero-order chi connectivity index (χ0) is 16.5. The van der Waals surface area contributed by atoms with Gasteiger partial charge in [0.15, 0.2) is 0 Å². The van der Waals surface area contributed by atoms with Crippen molar-refractivity contribution >= 4 is 6.03 Å². The summed E-state index contributed by atoms with van der Waals surface area (Å²) in [6.45, 7) is 1.25. The van der Waals surface area contributed by atoms with Crippen LogP contribution in [0.15, 0.2) is 48.8 Å². The summed E-state index contributed by atoms with van der Waals surface area (Å²) in [5, 5.41) is 2.94. The largest absolute Gasteiger partial charge is 0.496 e. The van der Waals surface area contributed by atoms with E-state index in [9.17, 15) is 4.79 Å². The second kappa shape index (κ2) is 8.78. The Kier molecular flexibility index (Phi) is 6.41. The molecule has 0 aliphatic carbocycles. The van der Waals surface area contributed by atoms with Gasteiger partial charge in [-0.1, -0.05) is 18.2 Å². The van der Waals surface area contributed by atoms with E-state index in [2.05, 4.69) is 10.3 Å². The van der Waals surface area contributed by atoms with Crippen molar-refractivity contribution in [3.63, 3.8) is 0 Å². The van der Waals surface area contributed by atoms with E-state index in [1.165, 1.54) is 5.56 Å². The lowest BCUT2D eigenvalue weighted by Crippen LogP contribution is -2.39. The number of rotatable bonds is 7.